The summed E-state index contributed by atoms with van der Waals surface area (Å²) in [7, 11) is 0. The molecule has 1 N–H and O–H groups in total. The van der Waals surface area contributed by atoms with Gasteiger partial charge in [-0.2, -0.15) is 0 Å². The fourth-order valence-electron chi connectivity index (χ4n) is 1.29. The molecule has 3 nitrogen and oxygen atoms in total. The van der Waals surface area contributed by atoms with E-state index >= 15 is 0 Å². The van der Waals surface area contributed by atoms with Gasteiger partial charge in [-0.25, -0.2) is 4.79 Å². The monoisotopic (exact) mass is 171 g/mol. The van der Waals surface area contributed by atoms with E-state index in [0.29, 0.717) is 12.5 Å². The molecule has 12 heavy (non-hydrogen) atoms. The average Bonchev–Trinajstić information content (AvgIpc) is 2.29. The molecule has 1 heterocycles. The fourth-order valence-corrected chi connectivity index (χ4v) is 1.29. The number of hydrogen-bond acceptors (Lipinski definition) is 2. The first-order valence-electron chi connectivity index (χ1n) is 4.47. The molecule has 0 spiro atoms. The van der Waals surface area contributed by atoms with Crippen molar-refractivity contribution in [2.24, 2.45) is 5.92 Å². The van der Waals surface area contributed by atoms with Gasteiger partial charge < -0.3 is 10.1 Å². The number of ether oxygens (including phenoxy) is 1. The second-order valence-electron chi connectivity index (χ2n) is 4.19. The predicted molar refractivity (Wildman–Crippen MR) is 47.0 cm³/mol. The third-order valence-electron chi connectivity index (χ3n) is 2.20. The van der Waals surface area contributed by atoms with Crippen LogP contribution in [0.3, 0.4) is 0 Å². The van der Waals surface area contributed by atoms with Crippen molar-refractivity contribution in [3.05, 3.63) is 0 Å². The van der Waals surface area contributed by atoms with E-state index in [1.165, 1.54) is 0 Å². The van der Waals surface area contributed by atoms with E-state index in [2.05, 4.69) is 19.2 Å². The maximum atomic E-state index is 10.8. The van der Waals surface area contributed by atoms with Crippen LogP contribution in [-0.4, -0.2) is 18.2 Å². The van der Waals surface area contributed by atoms with Crippen molar-refractivity contribution < 1.29 is 9.53 Å². The number of cyclic esters (lactones) is 1. The number of amides is 1. The highest BCUT2D eigenvalue weighted by Gasteiger charge is 2.34. The SMILES string of the molecule is CC(C)CCC1(C)COC(=O)N1. The van der Waals surface area contributed by atoms with Crippen molar-refractivity contribution in [3.63, 3.8) is 0 Å². The Balaban J connectivity index is 2.35. The Morgan fingerprint density at radius 3 is 2.75 bits per heavy atom. The van der Waals surface area contributed by atoms with Gasteiger partial charge in [0.25, 0.3) is 0 Å². The van der Waals surface area contributed by atoms with Gasteiger partial charge >= 0.3 is 6.09 Å². The van der Waals surface area contributed by atoms with Gasteiger partial charge in [-0.1, -0.05) is 13.8 Å². The largest absolute Gasteiger partial charge is 0.447 e. The lowest BCUT2D eigenvalue weighted by atomic mass is 9.93. The van der Waals surface area contributed by atoms with Gasteiger partial charge in [0.05, 0.1) is 5.54 Å². The Bertz CT molecular complexity index is 179. The van der Waals surface area contributed by atoms with Crippen LogP contribution in [0.4, 0.5) is 4.79 Å². The third-order valence-corrected chi connectivity index (χ3v) is 2.20. The molecule has 0 aromatic heterocycles. The molecule has 1 rings (SSSR count). The van der Waals surface area contributed by atoms with E-state index in [0.717, 1.165) is 12.8 Å². The van der Waals surface area contributed by atoms with Gasteiger partial charge in [-0.3, -0.25) is 0 Å². The van der Waals surface area contributed by atoms with Crippen molar-refractivity contribution in [2.45, 2.75) is 39.2 Å². The number of carbonyl (C=O) groups excluding carboxylic acids is 1. The van der Waals surface area contributed by atoms with Crippen LogP contribution < -0.4 is 5.32 Å². The normalized spacial score (nSPS) is 28.8. The maximum Gasteiger partial charge on any atom is 0.407 e. The summed E-state index contributed by atoms with van der Waals surface area (Å²) in [6.45, 7) is 6.90. The fraction of sp³-hybridized carbons (Fsp3) is 0.889. The average molecular weight is 171 g/mol. The Kier molecular flexibility index (Phi) is 2.60. The van der Waals surface area contributed by atoms with Crippen molar-refractivity contribution in [1.29, 1.82) is 0 Å². The molecule has 1 aliphatic heterocycles. The van der Waals surface area contributed by atoms with E-state index in [1.54, 1.807) is 0 Å². The van der Waals surface area contributed by atoms with Crippen LogP contribution in [0.2, 0.25) is 0 Å². The summed E-state index contributed by atoms with van der Waals surface area (Å²) in [4.78, 5) is 10.8. The molecule has 0 aromatic rings. The van der Waals surface area contributed by atoms with Crippen LogP contribution in [0, 0.1) is 5.92 Å². The highest BCUT2D eigenvalue weighted by molar-refractivity contribution is 5.70. The number of hydrogen-bond donors (Lipinski definition) is 1. The van der Waals surface area contributed by atoms with E-state index in [4.69, 9.17) is 4.74 Å². The van der Waals surface area contributed by atoms with Crippen LogP contribution in [0.1, 0.15) is 33.6 Å². The Hall–Kier alpha value is -0.730. The van der Waals surface area contributed by atoms with Crippen LogP contribution in [0.25, 0.3) is 0 Å². The van der Waals surface area contributed by atoms with E-state index in [1.807, 2.05) is 6.92 Å². The molecule has 0 aliphatic carbocycles. The maximum absolute atomic E-state index is 10.8. The first-order chi connectivity index (χ1) is 5.52. The van der Waals surface area contributed by atoms with Crippen molar-refractivity contribution >= 4 is 6.09 Å². The molecule has 1 aliphatic rings. The van der Waals surface area contributed by atoms with E-state index in [9.17, 15) is 4.79 Å². The molecule has 0 bridgehead atoms. The molecule has 0 saturated carbocycles. The smallest absolute Gasteiger partial charge is 0.407 e. The molecular weight excluding hydrogens is 154 g/mol. The number of nitrogens with one attached hydrogen (secondary N) is 1. The molecule has 0 aromatic carbocycles. The lowest BCUT2D eigenvalue weighted by Gasteiger charge is -2.21. The summed E-state index contributed by atoms with van der Waals surface area (Å²) in [6.07, 6.45) is 1.84. The molecule has 3 heteroatoms. The van der Waals surface area contributed by atoms with Crippen LogP contribution in [-0.2, 0) is 4.74 Å². The molecule has 1 atom stereocenters. The standard InChI is InChI=1S/C9H17NO2/c1-7(2)4-5-9(3)6-12-8(11)10-9/h7H,4-6H2,1-3H3,(H,10,11). The van der Waals surface area contributed by atoms with Gasteiger partial charge in [0.2, 0.25) is 0 Å². The second-order valence-corrected chi connectivity index (χ2v) is 4.19. The second kappa shape index (κ2) is 3.33. The van der Waals surface area contributed by atoms with E-state index in [-0.39, 0.29) is 11.6 Å². The predicted octanol–water partition coefficient (Wildman–Crippen LogP) is 1.92. The molecular formula is C9H17NO2. The van der Waals surface area contributed by atoms with Crippen LogP contribution in [0.15, 0.2) is 0 Å². The summed E-state index contributed by atoms with van der Waals surface area (Å²) in [5.41, 5.74) is -0.124. The minimum Gasteiger partial charge on any atom is -0.447 e. The Labute approximate surface area is 73.5 Å². The molecule has 1 amide bonds. The molecule has 1 saturated heterocycles. The Morgan fingerprint density at radius 2 is 2.33 bits per heavy atom. The molecule has 1 fully saturated rings. The van der Waals surface area contributed by atoms with Gasteiger partial charge in [-0.15, -0.1) is 0 Å². The van der Waals surface area contributed by atoms with Gasteiger partial charge in [0.15, 0.2) is 0 Å². The summed E-state index contributed by atoms with van der Waals surface area (Å²) >= 11 is 0. The van der Waals surface area contributed by atoms with Gasteiger partial charge in [0.1, 0.15) is 6.61 Å². The summed E-state index contributed by atoms with van der Waals surface area (Å²) in [6, 6.07) is 0. The highest BCUT2D eigenvalue weighted by atomic mass is 16.6. The number of rotatable bonds is 3. The summed E-state index contributed by atoms with van der Waals surface area (Å²) in [5, 5.41) is 2.82. The summed E-state index contributed by atoms with van der Waals surface area (Å²) in [5.74, 6) is 0.680. The minimum atomic E-state index is -0.277. The first kappa shape index (κ1) is 9.36. The van der Waals surface area contributed by atoms with Gasteiger partial charge in [-0.05, 0) is 25.7 Å². The van der Waals surface area contributed by atoms with Gasteiger partial charge in [0, 0.05) is 0 Å². The zero-order valence-electron chi connectivity index (χ0n) is 8.02. The molecule has 1 unspecified atom stereocenters. The van der Waals surface area contributed by atoms with E-state index < -0.39 is 0 Å². The number of carbonyl (C=O) groups is 1. The summed E-state index contributed by atoms with van der Waals surface area (Å²) < 4.78 is 4.85. The Morgan fingerprint density at radius 1 is 1.67 bits per heavy atom. The first-order valence-corrected chi connectivity index (χ1v) is 4.47. The van der Waals surface area contributed by atoms with Crippen molar-refractivity contribution in [3.8, 4) is 0 Å². The minimum absolute atomic E-state index is 0.124. The molecule has 0 radical (unpaired) electrons. The number of alkyl carbamates (subject to hydrolysis) is 1. The van der Waals surface area contributed by atoms with Crippen molar-refractivity contribution in [1.82, 2.24) is 5.32 Å². The molecule has 70 valence electrons. The van der Waals surface area contributed by atoms with Crippen LogP contribution >= 0.6 is 0 Å². The zero-order chi connectivity index (χ0) is 9.19. The zero-order valence-corrected chi connectivity index (χ0v) is 8.02. The quantitative estimate of drug-likeness (QED) is 0.704. The van der Waals surface area contributed by atoms with Crippen molar-refractivity contribution in [2.75, 3.05) is 6.61 Å². The lowest BCUT2D eigenvalue weighted by molar-refractivity contribution is 0.172. The van der Waals surface area contributed by atoms with Crippen LogP contribution in [0.5, 0.6) is 0 Å². The highest BCUT2D eigenvalue weighted by Crippen LogP contribution is 2.20. The third kappa shape index (κ3) is 2.40. The lowest BCUT2D eigenvalue weighted by Crippen LogP contribution is -2.40. The topological polar surface area (TPSA) is 38.3 Å².